The minimum absolute atomic E-state index is 0.0904. The van der Waals surface area contributed by atoms with Crippen LogP contribution >= 0.6 is 23.4 Å². The molecule has 0 aromatic heterocycles. The van der Waals surface area contributed by atoms with E-state index in [1.165, 1.54) is 0 Å². The van der Waals surface area contributed by atoms with Gasteiger partial charge in [0.05, 0.1) is 18.2 Å². The Morgan fingerprint density at radius 2 is 2.21 bits per heavy atom. The summed E-state index contributed by atoms with van der Waals surface area (Å²) in [4.78, 5) is 12.7. The molecule has 19 heavy (non-hydrogen) atoms. The van der Waals surface area contributed by atoms with E-state index in [0.717, 1.165) is 28.9 Å². The van der Waals surface area contributed by atoms with Gasteiger partial charge in [0, 0.05) is 29.0 Å². The van der Waals surface area contributed by atoms with Gasteiger partial charge in [0.2, 0.25) is 5.91 Å². The lowest BCUT2D eigenvalue weighted by molar-refractivity contribution is -0.126. The van der Waals surface area contributed by atoms with Gasteiger partial charge < -0.3 is 10.1 Å². The molecule has 1 aliphatic rings. The number of hydrogen-bond acceptors (Lipinski definition) is 3. The normalized spacial score (nSPS) is 16.7. The quantitative estimate of drug-likeness (QED) is 0.821. The number of thioether (sulfide) groups is 1. The Bertz CT molecular complexity index is 449. The molecule has 1 N–H and O–H groups in total. The fourth-order valence-corrected chi connectivity index (χ4v) is 2.96. The molecule has 1 aliphatic heterocycles. The van der Waals surface area contributed by atoms with Gasteiger partial charge in [0.15, 0.2) is 0 Å². The maximum absolute atomic E-state index is 11.7. The predicted octanol–water partition coefficient (Wildman–Crippen LogP) is 2.97. The van der Waals surface area contributed by atoms with Crippen molar-refractivity contribution in [2.24, 2.45) is 5.41 Å². The SMILES string of the molecule is CC1(CNC(=O)CCSc2ccccc2Cl)COC1. The zero-order valence-electron chi connectivity index (χ0n) is 10.9. The fourth-order valence-electron chi connectivity index (χ4n) is 1.77. The summed E-state index contributed by atoms with van der Waals surface area (Å²) in [6.07, 6.45) is 0.507. The first-order chi connectivity index (χ1) is 9.09. The van der Waals surface area contributed by atoms with Crippen molar-refractivity contribution in [3.05, 3.63) is 29.3 Å². The third kappa shape index (κ3) is 4.41. The first-order valence-electron chi connectivity index (χ1n) is 6.31. The molecule has 2 rings (SSSR count). The predicted molar refractivity (Wildman–Crippen MR) is 78.7 cm³/mol. The highest BCUT2D eigenvalue weighted by Crippen LogP contribution is 2.27. The van der Waals surface area contributed by atoms with Crippen LogP contribution < -0.4 is 5.32 Å². The molecule has 5 heteroatoms. The lowest BCUT2D eigenvalue weighted by atomic mass is 9.89. The van der Waals surface area contributed by atoms with E-state index in [9.17, 15) is 4.79 Å². The number of carbonyl (C=O) groups is 1. The number of amides is 1. The van der Waals surface area contributed by atoms with Gasteiger partial charge in [0.1, 0.15) is 0 Å². The van der Waals surface area contributed by atoms with Gasteiger partial charge in [0.25, 0.3) is 0 Å². The van der Waals surface area contributed by atoms with Crippen LogP contribution in [0, 0.1) is 5.41 Å². The molecule has 0 radical (unpaired) electrons. The Hall–Kier alpha value is -0.710. The second kappa shape index (κ2) is 6.64. The Morgan fingerprint density at radius 1 is 1.47 bits per heavy atom. The van der Waals surface area contributed by atoms with Gasteiger partial charge in [-0.25, -0.2) is 0 Å². The van der Waals surface area contributed by atoms with E-state index in [2.05, 4.69) is 12.2 Å². The highest BCUT2D eigenvalue weighted by atomic mass is 35.5. The summed E-state index contributed by atoms with van der Waals surface area (Å²) >= 11 is 7.66. The average Bonchev–Trinajstić information content (AvgIpc) is 2.36. The monoisotopic (exact) mass is 299 g/mol. The van der Waals surface area contributed by atoms with Crippen molar-refractivity contribution in [3.8, 4) is 0 Å². The molecular weight excluding hydrogens is 282 g/mol. The standard InChI is InChI=1S/C14H18ClNO2S/c1-14(9-18-10-14)8-16-13(17)6-7-19-12-5-3-2-4-11(12)15/h2-5H,6-10H2,1H3,(H,16,17). The average molecular weight is 300 g/mol. The molecule has 1 amide bonds. The summed E-state index contributed by atoms with van der Waals surface area (Å²) in [5.74, 6) is 0.829. The van der Waals surface area contributed by atoms with Crippen molar-refractivity contribution in [2.45, 2.75) is 18.2 Å². The van der Waals surface area contributed by atoms with Crippen LogP contribution in [0.1, 0.15) is 13.3 Å². The molecule has 0 saturated carbocycles. The Labute approximate surface area is 123 Å². The molecule has 3 nitrogen and oxygen atoms in total. The van der Waals surface area contributed by atoms with Crippen LogP contribution in [0.5, 0.6) is 0 Å². The largest absolute Gasteiger partial charge is 0.380 e. The minimum Gasteiger partial charge on any atom is -0.380 e. The van der Waals surface area contributed by atoms with Crippen LogP contribution in [0.25, 0.3) is 0 Å². The van der Waals surface area contributed by atoms with Crippen LogP contribution in [0.4, 0.5) is 0 Å². The van der Waals surface area contributed by atoms with Crippen molar-refractivity contribution in [1.29, 1.82) is 0 Å². The van der Waals surface area contributed by atoms with Crippen LogP contribution in [-0.2, 0) is 9.53 Å². The topological polar surface area (TPSA) is 38.3 Å². The van der Waals surface area contributed by atoms with Crippen LogP contribution in [0.2, 0.25) is 5.02 Å². The third-order valence-corrected chi connectivity index (χ3v) is 4.55. The molecule has 0 unspecified atom stereocenters. The summed E-state index contributed by atoms with van der Waals surface area (Å²) in [6.45, 7) is 4.29. The van der Waals surface area contributed by atoms with E-state index in [1.807, 2.05) is 24.3 Å². The molecule has 0 atom stereocenters. The van der Waals surface area contributed by atoms with Gasteiger partial charge in [-0.2, -0.15) is 0 Å². The number of halogens is 1. The van der Waals surface area contributed by atoms with Gasteiger partial charge in [-0.05, 0) is 12.1 Å². The lowest BCUT2D eigenvalue weighted by Crippen LogP contribution is -2.48. The van der Waals surface area contributed by atoms with Crippen LogP contribution in [0.3, 0.4) is 0 Å². The number of nitrogens with one attached hydrogen (secondary N) is 1. The van der Waals surface area contributed by atoms with Crippen molar-refractivity contribution < 1.29 is 9.53 Å². The van der Waals surface area contributed by atoms with Gasteiger partial charge in [-0.15, -0.1) is 11.8 Å². The van der Waals surface area contributed by atoms with Crippen LogP contribution in [-0.4, -0.2) is 31.4 Å². The summed E-state index contributed by atoms with van der Waals surface area (Å²) in [5.41, 5.74) is 0.130. The maximum atomic E-state index is 11.7. The first kappa shape index (κ1) is 14.7. The lowest BCUT2D eigenvalue weighted by Gasteiger charge is -2.38. The summed E-state index contributed by atoms with van der Waals surface area (Å²) < 4.78 is 5.15. The van der Waals surface area contributed by atoms with E-state index in [1.54, 1.807) is 11.8 Å². The molecule has 1 saturated heterocycles. The van der Waals surface area contributed by atoms with E-state index in [4.69, 9.17) is 16.3 Å². The number of rotatable bonds is 6. The number of benzene rings is 1. The molecule has 0 spiro atoms. The second-order valence-electron chi connectivity index (χ2n) is 5.11. The molecule has 0 aliphatic carbocycles. The van der Waals surface area contributed by atoms with E-state index < -0.39 is 0 Å². The zero-order valence-corrected chi connectivity index (χ0v) is 12.5. The Morgan fingerprint density at radius 3 is 2.84 bits per heavy atom. The smallest absolute Gasteiger partial charge is 0.220 e. The maximum Gasteiger partial charge on any atom is 0.220 e. The van der Waals surface area contributed by atoms with Gasteiger partial charge in [-0.1, -0.05) is 30.7 Å². The molecule has 0 bridgehead atoms. The van der Waals surface area contributed by atoms with E-state index >= 15 is 0 Å². The molecule has 1 aromatic rings. The highest BCUT2D eigenvalue weighted by Gasteiger charge is 2.33. The molecule has 1 fully saturated rings. The Kier molecular flexibility index (Phi) is 5.13. The van der Waals surface area contributed by atoms with Crippen LogP contribution in [0.15, 0.2) is 29.2 Å². The van der Waals surface area contributed by atoms with E-state index in [0.29, 0.717) is 13.0 Å². The van der Waals surface area contributed by atoms with Gasteiger partial charge >= 0.3 is 0 Å². The van der Waals surface area contributed by atoms with Crippen molar-refractivity contribution in [3.63, 3.8) is 0 Å². The van der Waals surface area contributed by atoms with Crippen molar-refractivity contribution >= 4 is 29.3 Å². The number of hydrogen-bond donors (Lipinski definition) is 1. The van der Waals surface area contributed by atoms with E-state index in [-0.39, 0.29) is 11.3 Å². The molecule has 104 valence electrons. The number of carbonyl (C=O) groups excluding carboxylic acids is 1. The summed E-state index contributed by atoms with van der Waals surface area (Å²) in [5, 5.41) is 3.70. The summed E-state index contributed by atoms with van der Waals surface area (Å²) in [7, 11) is 0. The summed E-state index contributed by atoms with van der Waals surface area (Å²) in [6, 6.07) is 7.69. The minimum atomic E-state index is 0.0904. The molecular formula is C14H18ClNO2S. The second-order valence-corrected chi connectivity index (χ2v) is 6.65. The fraction of sp³-hybridized carbons (Fsp3) is 0.500. The van der Waals surface area contributed by atoms with Crippen molar-refractivity contribution in [1.82, 2.24) is 5.32 Å². The van der Waals surface area contributed by atoms with Crippen molar-refractivity contribution in [2.75, 3.05) is 25.5 Å². The van der Waals surface area contributed by atoms with Gasteiger partial charge in [-0.3, -0.25) is 4.79 Å². The first-order valence-corrected chi connectivity index (χ1v) is 7.67. The zero-order chi connectivity index (χ0) is 13.7. The third-order valence-electron chi connectivity index (χ3n) is 3.04. The number of ether oxygens (including phenoxy) is 1. The Balaban J connectivity index is 1.65. The molecule has 1 aromatic carbocycles. The highest BCUT2D eigenvalue weighted by molar-refractivity contribution is 7.99. The molecule has 1 heterocycles.